The van der Waals surface area contributed by atoms with E-state index in [1.54, 1.807) is 51.4 Å². The van der Waals surface area contributed by atoms with Crippen LogP contribution in [0.3, 0.4) is 0 Å². The van der Waals surface area contributed by atoms with Crippen LogP contribution >= 0.6 is 0 Å². The summed E-state index contributed by atoms with van der Waals surface area (Å²) in [6.07, 6.45) is 0.324. The number of hydrogen-bond donors (Lipinski definition) is 6. The molecule has 2 aromatic rings. The van der Waals surface area contributed by atoms with Crippen molar-refractivity contribution in [1.82, 2.24) is 15.1 Å². The van der Waals surface area contributed by atoms with Gasteiger partial charge in [-0.25, -0.2) is 0 Å². The number of anilines is 2. The minimum Gasteiger partial charge on any atom is -0.505 e. The Labute approximate surface area is 230 Å². The van der Waals surface area contributed by atoms with Crippen molar-refractivity contribution >= 4 is 34.6 Å². The molecule has 2 saturated carbocycles. The zero-order valence-corrected chi connectivity index (χ0v) is 22.7. The molecule has 0 aliphatic heterocycles. The summed E-state index contributed by atoms with van der Waals surface area (Å²) in [5.74, 6) is -9.33. The first-order chi connectivity index (χ1) is 18.8. The lowest BCUT2D eigenvalue weighted by molar-refractivity contribution is -0.190. The first kappa shape index (κ1) is 27.7. The minimum absolute atomic E-state index is 0.0473. The number of carbonyl (C=O) groups excluding carboxylic acids is 4. The molecule has 214 valence electrons. The maximum atomic E-state index is 14.0. The number of aromatic nitrogens is 2. The van der Waals surface area contributed by atoms with Gasteiger partial charge < -0.3 is 36.2 Å². The van der Waals surface area contributed by atoms with Crippen LogP contribution in [-0.4, -0.2) is 99.6 Å². The van der Waals surface area contributed by atoms with Crippen LogP contribution in [0.15, 0.2) is 18.3 Å². The highest BCUT2D eigenvalue weighted by atomic mass is 16.3. The molecule has 2 fully saturated rings. The van der Waals surface area contributed by atoms with Gasteiger partial charge in [-0.3, -0.25) is 24.3 Å². The topological polar surface area (TPSA) is 202 Å². The molecule has 13 nitrogen and oxygen atoms in total. The number of H-pyrrole nitrogens is 1. The standard InChI is InChI=1S/C27H34N6O7/c1-32(2)16-9-15(29-10-12-5-6-30-31-12)21(34)18-13(16)7-11-8-14-20(33(3)4)23(36)19(26(28)39)25(38)27(14,40)24(37)17(11)22(18)35/h5-6,9,11,14,17,19-20,23,29,34,36,40H,7-8,10H2,1-4H3,(H2,28,39)(H,30,31)/t11-,14-,17?,19+,20-,23?,27-/m0/s1. The van der Waals surface area contributed by atoms with Crippen molar-refractivity contribution in [3.8, 4) is 5.75 Å². The van der Waals surface area contributed by atoms with Crippen molar-refractivity contribution in [1.29, 1.82) is 0 Å². The summed E-state index contributed by atoms with van der Waals surface area (Å²) < 4.78 is 0. The molecule has 1 aromatic carbocycles. The quantitative estimate of drug-likeness (QED) is 0.190. The number of rotatable bonds is 6. The van der Waals surface area contributed by atoms with Crippen molar-refractivity contribution in [2.45, 2.75) is 37.1 Å². The second-order valence-electron chi connectivity index (χ2n) is 11.4. The molecule has 13 heteroatoms. The van der Waals surface area contributed by atoms with E-state index < -0.39 is 64.7 Å². The Balaban J connectivity index is 1.61. The summed E-state index contributed by atoms with van der Waals surface area (Å²) in [5.41, 5.74) is 4.91. The fourth-order valence-corrected chi connectivity index (χ4v) is 6.98. The Morgan fingerprint density at radius 2 is 1.93 bits per heavy atom. The average Bonchev–Trinajstić information content (AvgIpc) is 3.39. The highest BCUT2D eigenvalue weighted by Gasteiger charge is 2.69. The van der Waals surface area contributed by atoms with E-state index in [0.717, 1.165) is 5.69 Å². The molecule has 40 heavy (non-hydrogen) atoms. The van der Waals surface area contributed by atoms with Gasteiger partial charge >= 0.3 is 0 Å². The number of benzene rings is 1. The summed E-state index contributed by atoms with van der Waals surface area (Å²) in [5, 5.41) is 43.8. The zero-order chi connectivity index (χ0) is 29.3. The van der Waals surface area contributed by atoms with Gasteiger partial charge in [0, 0.05) is 37.9 Å². The van der Waals surface area contributed by atoms with Crippen LogP contribution in [0.2, 0.25) is 0 Å². The van der Waals surface area contributed by atoms with Crippen molar-refractivity contribution in [3.05, 3.63) is 35.2 Å². The predicted molar refractivity (Wildman–Crippen MR) is 143 cm³/mol. The molecule has 3 aliphatic rings. The predicted octanol–water partition coefficient (Wildman–Crippen LogP) is -0.940. The lowest BCUT2D eigenvalue weighted by atomic mass is 9.52. The summed E-state index contributed by atoms with van der Waals surface area (Å²) >= 11 is 0. The Bertz CT molecular complexity index is 1390. The van der Waals surface area contributed by atoms with Gasteiger partial charge in [0.25, 0.3) is 0 Å². The number of ketones is 3. The van der Waals surface area contributed by atoms with E-state index in [1.165, 1.54) is 0 Å². The van der Waals surface area contributed by atoms with E-state index in [2.05, 4.69) is 15.5 Å². The average molecular weight is 555 g/mol. The van der Waals surface area contributed by atoms with E-state index in [0.29, 0.717) is 11.3 Å². The van der Waals surface area contributed by atoms with Gasteiger partial charge in [0.05, 0.1) is 35.5 Å². The molecule has 1 aromatic heterocycles. The molecule has 0 radical (unpaired) electrons. The van der Waals surface area contributed by atoms with Crippen molar-refractivity contribution in [2.24, 2.45) is 29.4 Å². The van der Waals surface area contributed by atoms with Gasteiger partial charge in [-0.2, -0.15) is 5.10 Å². The molecular weight excluding hydrogens is 520 g/mol. The lowest BCUT2D eigenvalue weighted by Gasteiger charge is -2.55. The number of nitrogens with two attached hydrogens (primary N) is 1. The number of carbonyl (C=O) groups is 4. The maximum absolute atomic E-state index is 14.0. The van der Waals surface area contributed by atoms with Crippen LogP contribution in [0.25, 0.3) is 0 Å². The third kappa shape index (κ3) is 3.91. The summed E-state index contributed by atoms with van der Waals surface area (Å²) in [7, 11) is 6.82. The molecule has 1 amide bonds. The van der Waals surface area contributed by atoms with Crippen LogP contribution in [0.1, 0.15) is 28.0 Å². The van der Waals surface area contributed by atoms with Crippen molar-refractivity contribution in [2.75, 3.05) is 38.4 Å². The number of aliphatic hydroxyl groups excluding tert-OH is 1. The Morgan fingerprint density at radius 1 is 1.23 bits per heavy atom. The van der Waals surface area contributed by atoms with Crippen molar-refractivity contribution < 1.29 is 34.5 Å². The van der Waals surface area contributed by atoms with Crippen molar-refractivity contribution in [3.63, 3.8) is 0 Å². The second-order valence-corrected chi connectivity index (χ2v) is 11.4. The van der Waals surface area contributed by atoms with E-state index >= 15 is 0 Å². The number of primary amides is 1. The number of fused-ring (bicyclic) bond motifs is 3. The second kappa shape index (κ2) is 9.68. The van der Waals surface area contributed by atoms with Crippen LogP contribution in [0, 0.1) is 23.7 Å². The number of nitrogens with zero attached hydrogens (tertiary/aromatic N) is 3. The van der Waals surface area contributed by atoms with Crippen LogP contribution in [0.4, 0.5) is 11.4 Å². The van der Waals surface area contributed by atoms with Gasteiger partial charge in [-0.15, -0.1) is 0 Å². The molecule has 5 rings (SSSR count). The minimum atomic E-state index is -2.70. The summed E-state index contributed by atoms with van der Waals surface area (Å²) in [4.78, 5) is 57.1. The van der Waals surface area contributed by atoms with E-state index in [4.69, 9.17) is 5.73 Å². The fourth-order valence-electron chi connectivity index (χ4n) is 6.98. The van der Waals surface area contributed by atoms with Gasteiger partial charge in [0.2, 0.25) is 5.91 Å². The monoisotopic (exact) mass is 554 g/mol. The highest BCUT2D eigenvalue weighted by Crippen LogP contribution is 2.53. The fraction of sp³-hybridized carbons (Fsp3) is 0.519. The Hall–Kier alpha value is -3.81. The van der Waals surface area contributed by atoms with Crippen LogP contribution < -0.4 is 16.0 Å². The third-order valence-corrected chi connectivity index (χ3v) is 8.78. The molecule has 1 heterocycles. The maximum Gasteiger partial charge on any atom is 0.230 e. The Kier molecular flexibility index (Phi) is 6.71. The molecule has 0 bridgehead atoms. The van der Waals surface area contributed by atoms with Gasteiger partial charge in [0.15, 0.2) is 23.0 Å². The van der Waals surface area contributed by atoms with E-state index in [9.17, 15) is 34.5 Å². The number of phenolic OH excluding ortho intramolecular Hbond substituents is 1. The number of likely N-dealkylation sites (N-methyl/N-ethyl adjacent to an activating group) is 1. The zero-order valence-electron chi connectivity index (χ0n) is 22.7. The molecule has 7 atom stereocenters. The first-order valence-electron chi connectivity index (χ1n) is 13.1. The van der Waals surface area contributed by atoms with E-state index in [-0.39, 0.29) is 36.4 Å². The summed E-state index contributed by atoms with van der Waals surface area (Å²) in [6.45, 7) is 0.275. The SMILES string of the molecule is CN(C)c1cc(NCc2ccn[nH]2)c(O)c2c1C[C@H]1C[C@H]3[C@H](N(C)C)C(O)[C@@H](C(N)=O)C(=O)[C@@]3(O)C(=O)C1C2=O. The number of Topliss-reactive ketones (excluding diaryl/α,β-unsaturated/α-hetero) is 3. The number of aromatic hydroxyl groups is 1. The highest BCUT2D eigenvalue weighted by molar-refractivity contribution is 6.26. The number of aliphatic hydroxyl groups is 2. The van der Waals surface area contributed by atoms with Gasteiger partial charge in [-0.1, -0.05) is 0 Å². The first-order valence-corrected chi connectivity index (χ1v) is 13.1. The smallest absolute Gasteiger partial charge is 0.230 e. The molecule has 0 saturated heterocycles. The normalized spacial score (nSPS) is 31.4. The van der Waals surface area contributed by atoms with Gasteiger partial charge in [0.1, 0.15) is 11.7 Å². The number of hydrogen-bond acceptors (Lipinski definition) is 11. The molecule has 0 spiro atoms. The Morgan fingerprint density at radius 3 is 2.50 bits per heavy atom. The number of phenols is 1. The van der Waals surface area contributed by atoms with Crippen LogP contribution in [-0.2, 0) is 27.3 Å². The molecular formula is C27H34N6O7. The summed E-state index contributed by atoms with van der Waals surface area (Å²) in [6, 6.07) is 2.53. The van der Waals surface area contributed by atoms with Crippen LogP contribution in [0.5, 0.6) is 5.75 Å². The number of amides is 1. The van der Waals surface area contributed by atoms with E-state index in [1.807, 2.05) is 4.90 Å². The number of aromatic amines is 1. The molecule has 7 N–H and O–H groups in total. The molecule has 2 unspecified atom stereocenters. The molecule has 3 aliphatic carbocycles. The third-order valence-electron chi connectivity index (χ3n) is 8.78. The largest absolute Gasteiger partial charge is 0.505 e. The lowest BCUT2D eigenvalue weighted by Crippen LogP contribution is -2.75. The van der Waals surface area contributed by atoms with Gasteiger partial charge in [-0.05, 0) is 50.6 Å². The number of nitrogens with one attached hydrogen (secondary N) is 2.